The smallest absolute Gasteiger partial charge is 0.156 e. The third-order valence-corrected chi connectivity index (χ3v) is 2.47. The van der Waals surface area contributed by atoms with Gasteiger partial charge in [-0.05, 0) is 22.5 Å². The molecule has 0 rings (SSSR count). The first-order valence-corrected chi connectivity index (χ1v) is 5.07. The zero-order valence-corrected chi connectivity index (χ0v) is 9.20. The van der Waals surface area contributed by atoms with Crippen LogP contribution in [-0.4, -0.2) is 4.89 Å². The second kappa shape index (κ2) is 4.00. The quantitative estimate of drug-likeness (QED) is 0.505. The van der Waals surface area contributed by atoms with Crippen molar-refractivity contribution in [3.8, 4) is 0 Å². The molecule has 1 atom stereocenters. The molecular weight excluding hydrogens is 171 g/mol. The van der Waals surface area contributed by atoms with Crippen molar-refractivity contribution in [3.63, 3.8) is 0 Å². The standard InChI is InChI=1S/C9H15O2P/c1-7(9(3,4)5)6-8(2)12(10)11/h1-5H3/p+1. The lowest BCUT2D eigenvalue weighted by molar-refractivity contribution is 0.503. The molecule has 0 saturated carbocycles. The topological polar surface area (TPSA) is 37.3 Å². The van der Waals surface area contributed by atoms with Gasteiger partial charge in [-0.25, -0.2) is 0 Å². The van der Waals surface area contributed by atoms with E-state index >= 15 is 0 Å². The van der Waals surface area contributed by atoms with Gasteiger partial charge in [0.15, 0.2) is 0 Å². The van der Waals surface area contributed by atoms with Gasteiger partial charge in [-0.1, -0.05) is 26.5 Å². The first kappa shape index (κ1) is 11.6. The Balaban J connectivity index is 5.01. The SMILES string of the molecule is CC(=C=C(C)C(C)(C)C)[P+](=O)O. The predicted octanol–water partition coefficient (Wildman–Crippen LogP) is 3.22. The second-order valence-corrected chi connectivity index (χ2v) is 5.08. The van der Waals surface area contributed by atoms with Gasteiger partial charge >= 0.3 is 8.03 Å². The van der Waals surface area contributed by atoms with Crippen LogP contribution in [0.2, 0.25) is 0 Å². The average Bonchev–Trinajstić information content (AvgIpc) is 1.85. The van der Waals surface area contributed by atoms with E-state index in [0.29, 0.717) is 5.31 Å². The van der Waals surface area contributed by atoms with Crippen molar-refractivity contribution >= 4 is 8.03 Å². The van der Waals surface area contributed by atoms with E-state index < -0.39 is 8.03 Å². The van der Waals surface area contributed by atoms with Gasteiger partial charge in [0.2, 0.25) is 5.31 Å². The molecule has 0 radical (unpaired) electrons. The van der Waals surface area contributed by atoms with Crippen LogP contribution in [0.1, 0.15) is 34.6 Å². The van der Waals surface area contributed by atoms with Crippen LogP contribution in [0.5, 0.6) is 0 Å². The fourth-order valence-electron chi connectivity index (χ4n) is 0.507. The van der Waals surface area contributed by atoms with Crippen molar-refractivity contribution in [2.24, 2.45) is 5.41 Å². The van der Waals surface area contributed by atoms with Gasteiger partial charge in [-0.3, -0.25) is 0 Å². The summed E-state index contributed by atoms with van der Waals surface area (Å²) in [6.07, 6.45) is 0. The summed E-state index contributed by atoms with van der Waals surface area (Å²) in [5.74, 6) is 0. The summed E-state index contributed by atoms with van der Waals surface area (Å²) >= 11 is 0. The molecule has 0 bridgehead atoms. The van der Waals surface area contributed by atoms with Crippen LogP contribution < -0.4 is 0 Å². The minimum absolute atomic E-state index is 0.0204. The van der Waals surface area contributed by atoms with E-state index in [1.165, 1.54) is 0 Å². The van der Waals surface area contributed by atoms with E-state index in [1.54, 1.807) is 6.92 Å². The number of hydrogen-bond acceptors (Lipinski definition) is 1. The molecule has 0 aromatic heterocycles. The van der Waals surface area contributed by atoms with Crippen LogP contribution in [0.3, 0.4) is 0 Å². The highest BCUT2D eigenvalue weighted by molar-refractivity contribution is 7.43. The summed E-state index contributed by atoms with van der Waals surface area (Å²) in [6, 6.07) is 0. The molecule has 2 nitrogen and oxygen atoms in total. The highest BCUT2D eigenvalue weighted by Crippen LogP contribution is 2.29. The fraction of sp³-hybridized carbons (Fsp3) is 0.667. The van der Waals surface area contributed by atoms with Crippen molar-refractivity contribution in [2.45, 2.75) is 34.6 Å². The van der Waals surface area contributed by atoms with Gasteiger partial charge in [0, 0.05) is 6.92 Å². The zero-order valence-electron chi connectivity index (χ0n) is 8.30. The Morgan fingerprint density at radius 3 is 2.00 bits per heavy atom. The molecule has 0 heterocycles. The summed E-state index contributed by atoms with van der Waals surface area (Å²) in [6.45, 7) is 9.68. The van der Waals surface area contributed by atoms with Crippen molar-refractivity contribution in [3.05, 3.63) is 16.6 Å². The monoisotopic (exact) mass is 187 g/mol. The van der Waals surface area contributed by atoms with Gasteiger partial charge < -0.3 is 0 Å². The average molecular weight is 187 g/mol. The molecule has 3 heteroatoms. The lowest BCUT2D eigenvalue weighted by Crippen LogP contribution is -2.05. The lowest BCUT2D eigenvalue weighted by atomic mass is 9.88. The third-order valence-electron chi connectivity index (χ3n) is 1.78. The first-order chi connectivity index (χ1) is 5.25. The Bertz CT molecular complexity index is 252. The predicted molar refractivity (Wildman–Crippen MR) is 51.2 cm³/mol. The molecule has 1 N–H and O–H groups in total. The molecule has 0 saturated heterocycles. The molecule has 1 unspecified atom stereocenters. The normalized spacial score (nSPS) is 12.0. The number of rotatable bonds is 1. The first-order valence-electron chi connectivity index (χ1n) is 3.86. The van der Waals surface area contributed by atoms with Crippen molar-refractivity contribution in [1.82, 2.24) is 0 Å². The zero-order chi connectivity index (χ0) is 9.94. The second-order valence-electron chi connectivity index (χ2n) is 3.86. The fourth-order valence-corrected chi connectivity index (χ4v) is 0.770. The van der Waals surface area contributed by atoms with E-state index in [1.807, 2.05) is 27.7 Å². The molecule has 0 amide bonds. The summed E-state index contributed by atoms with van der Waals surface area (Å²) in [7, 11) is -2.21. The molecule has 0 aromatic carbocycles. The lowest BCUT2D eigenvalue weighted by Gasteiger charge is -2.16. The van der Waals surface area contributed by atoms with Crippen molar-refractivity contribution < 1.29 is 9.46 Å². The Kier molecular flexibility index (Phi) is 3.86. The molecule has 0 aromatic rings. The molecule has 0 spiro atoms. The maximum absolute atomic E-state index is 10.6. The van der Waals surface area contributed by atoms with Crippen LogP contribution in [0, 0.1) is 5.41 Å². The van der Waals surface area contributed by atoms with E-state index in [2.05, 4.69) is 5.73 Å². The van der Waals surface area contributed by atoms with Gasteiger partial charge in [-0.15, -0.1) is 0 Å². The molecule has 0 fully saturated rings. The van der Waals surface area contributed by atoms with E-state index in [4.69, 9.17) is 4.89 Å². The van der Waals surface area contributed by atoms with Crippen LogP contribution in [0.15, 0.2) is 16.6 Å². The van der Waals surface area contributed by atoms with Gasteiger partial charge in [0.1, 0.15) is 0 Å². The number of hydrogen-bond donors (Lipinski definition) is 1. The number of allylic oxidation sites excluding steroid dienone is 1. The molecular formula is C9H16O2P+. The van der Waals surface area contributed by atoms with Crippen LogP contribution >= 0.6 is 8.03 Å². The molecule has 12 heavy (non-hydrogen) atoms. The van der Waals surface area contributed by atoms with Crippen LogP contribution in [0.4, 0.5) is 0 Å². The molecule has 0 aliphatic rings. The third kappa shape index (κ3) is 3.82. The van der Waals surface area contributed by atoms with Crippen molar-refractivity contribution in [2.75, 3.05) is 0 Å². The summed E-state index contributed by atoms with van der Waals surface area (Å²) < 4.78 is 10.6. The Morgan fingerprint density at radius 1 is 1.33 bits per heavy atom. The van der Waals surface area contributed by atoms with Crippen LogP contribution in [-0.2, 0) is 4.57 Å². The molecule has 0 aliphatic heterocycles. The minimum atomic E-state index is -2.21. The van der Waals surface area contributed by atoms with Crippen LogP contribution in [0.25, 0.3) is 0 Å². The summed E-state index contributed by atoms with van der Waals surface area (Å²) in [5.41, 5.74) is 3.94. The van der Waals surface area contributed by atoms with E-state index in [0.717, 1.165) is 5.57 Å². The Morgan fingerprint density at radius 2 is 1.75 bits per heavy atom. The van der Waals surface area contributed by atoms with E-state index in [-0.39, 0.29) is 5.41 Å². The van der Waals surface area contributed by atoms with Gasteiger partial charge in [0.05, 0.1) is 0 Å². The maximum atomic E-state index is 10.6. The maximum Gasteiger partial charge on any atom is 0.549 e. The summed E-state index contributed by atoms with van der Waals surface area (Å²) in [5, 5.41) is 0.414. The summed E-state index contributed by atoms with van der Waals surface area (Å²) in [4.78, 5) is 8.73. The Hall–Kier alpha value is -0.420. The largest absolute Gasteiger partial charge is 0.549 e. The van der Waals surface area contributed by atoms with Gasteiger partial charge in [-0.2, -0.15) is 4.89 Å². The Labute approximate surface area is 74.9 Å². The van der Waals surface area contributed by atoms with Gasteiger partial charge in [0.25, 0.3) is 0 Å². The van der Waals surface area contributed by atoms with E-state index in [9.17, 15) is 4.57 Å². The molecule has 0 aliphatic carbocycles. The minimum Gasteiger partial charge on any atom is -0.156 e. The highest BCUT2D eigenvalue weighted by atomic mass is 31.1. The van der Waals surface area contributed by atoms with Crippen molar-refractivity contribution in [1.29, 1.82) is 0 Å². The highest BCUT2D eigenvalue weighted by Gasteiger charge is 2.17. The molecule has 68 valence electrons.